The summed E-state index contributed by atoms with van der Waals surface area (Å²) in [5, 5.41) is 4.38. The standard InChI is InChI=1S/C14H27N3S/c1-8-10(2)17(7)13-16-12(14(3,4)5)11(18-13)9-15-6/h10,15H,8-9H2,1-7H3. The molecule has 0 spiro atoms. The van der Waals surface area contributed by atoms with Gasteiger partial charge in [0.2, 0.25) is 0 Å². The van der Waals surface area contributed by atoms with Crippen molar-refractivity contribution in [2.24, 2.45) is 0 Å². The Hall–Kier alpha value is -0.610. The fraction of sp³-hybridized carbons (Fsp3) is 0.786. The minimum absolute atomic E-state index is 0.108. The molecule has 0 aliphatic heterocycles. The lowest BCUT2D eigenvalue weighted by Crippen LogP contribution is -2.28. The second-order valence-corrected chi connectivity index (χ2v) is 6.98. The van der Waals surface area contributed by atoms with Crippen molar-refractivity contribution >= 4 is 16.5 Å². The number of anilines is 1. The largest absolute Gasteiger partial charge is 0.348 e. The van der Waals surface area contributed by atoms with Gasteiger partial charge in [-0.05, 0) is 20.4 Å². The van der Waals surface area contributed by atoms with E-state index in [1.807, 2.05) is 18.4 Å². The molecule has 0 aliphatic rings. The summed E-state index contributed by atoms with van der Waals surface area (Å²) in [6.45, 7) is 12.1. The van der Waals surface area contributed by atoms with Gasteiger partial charge < -0.3 is 10.2 Å². The van der Waals surface area contributed by atoms with Gasteiger partial charge in [-0.15, -0.1) is 11.3 Å². The lowest BCUT2D eigenvalue weighted by molar-refractivity contribution is 0.561. The highest BCUT2D eigenvalue weighted by molar-refractivity contribution is 7.15. The predicted molar refractivity (Wildman–Crippen MR) is 81.7 cm³/mol. The zero-order valence-electron chi connectivity index (χ0n) is 12.8. The van der Waals surface area contributed by atoms with Crippen molar-refractivity contribution in [3.05, 3.63) is 10.6 Å². The molecule has 1 unspecified atom stereocenters. The van der Waals surface area contributed by atoms with Gasteiger partial charge in [0.05, 0.1) is 5.69 Å². The van der Waals surface area contributed by atoms with Gasteiger partial charge in [-0.3, -0.25) is 0 Å². The van der Waals surface area contributed by atoms with Gasteiger partial charge in [0.15, 0.2) is 5.13 Å². The minimum atomic E-state index is 0.108. The quantitative estimate of drug-likeness (QED) is 0.888. The van der Waals surface area contributed by atoms with Gasteiger partial charge in [0.25, 0.3) is 0 Å². The number of hydrogen-bond donors (Lipinski definition) is 1. The third kappa shape index (κ3) is 3.45. The Bertz CT molecular complexity index is 379. The monoisotopic (exact) mass is 269 g/mol. The average Bonchev–Trinajstić information content (AvgIpc) is 2.71. The van der Waals surface area contributed by atoms with Crippen LogP contribution in [0.25, 0.3) is 0 Å². The number of aromatic nitrogens is 1. The van der Waals surface area contributed by atoms with E-state index in [0.29, 0.717) is 6.04 Å². The van der Waals surface area contributed by atoms with Crippen molar-refractivity contribution in [1.82, 2.24) is 10.3 Å². The van der Waals surface area contributed by atoms with Crippen LogP contribution < -0.4 is 10.2 Å². The van der Waals surface area contributed by atoms with Gasteiger partial charge >= 0.3 is 0 Å². The average molecular weight is 269 g/mol. The van der Waals surface area contributed by atoms with Crippen molar-refractivity contribution < 1.29 is 0 Å². The zero-order chi connectivity index (χ0) is 13.9. The molecular formula is C14H27N3S. The van der Waals surface area contributed by atoms with E-state index in [0.717, 1.165) is 18.1 Å². The van der Waals surface area contributed by atoms with E-state index in [2.05, 4.69) is 51.9 Å². The Labute approximate surface area is 116 Å². The Kier molecular flexibility index (Phi) is 5.17. The van der Waals surface area contributed by atoms with Crippen molar-refractivity contribution in [3.8, 4) is 0 Å². The highest BCUT2D eigenvalue weighted by Gasteiger charge is 2.24. The molecular weight excluding hydrogens is 242 g/mol. The molecule has 0 bridgehead atoms. The van der Waals surface area contributed by atoms with Crippen LogP contribution in [0.4, 0.5) is 5.13 Å². The second-order valence-electron chi connectivity index (χ2n) is 5.92. The zero-order valence-corrected chi connectivity index (χ0v) is 13.6. The number of rotatable bonds is 5. The molecule has 1 rings (SSSR count). The van der Waals surface area contributed by atoms with Gasteiger partial charge in [0, 0.05) is 29.9 Å². The third-order valence-corrected chi connectivity index (χ3v) is 4.43. The molecule has 1 aromatic rings. The highest BCUT2D eigenvalue weighted by atomic mass is 32.1. The van der Waals surface area contributed by atoms with E-state index in [1.54, 1.807) is 0 Å². The van der Waals surface area contributed by atoms with Gasteiger partial charge in [0.1, 0.15) is 0 Å². The number of nitrogens with one attached hydrogen (secondary N) is 1. The molecule has 0 fully saturated rings. The van der Waals surface area contributed by atoms with E-state index in [4.69, 9.17) is 4.98 Å². The maximum atomic E-state index is 4.87. The molecule has 104 valence electrons. The molecule has 1 atom stereocenters. The van der Waals surface area contributed by atoms with Crippen LogP contribution in [0.2, 0.25) is 0 Å². The van der Waals surface area contributed by atoms with Gasteiger partial charge in [-0.25, -0.2) is 4.98 Å². The van der Waals surface area contributed by atoms with Crippen LogP contribution in [0.1, 0.15) is 51.6 Å². The van der Waals surface area contributed by atoms with Gasteiger partial charge in [-0.1, -0.05) is 27.7 Å². The van der Waals surface area contributed by atoms with E-state index >= 15 is 0 Å². The van der Waals surface area contributed by atoms with Crippen LogP contribution in [-0.4, -0.2) is 25.1 Å². The predicted octanol–water partition coefficient (Wildman–Crippen LogP) is 3.39. The first-order valence-corrected chi connectivity index (χ1v) is 7.50. The highest BCUT2D eigenvalue weighted by Crippen LogP contribution is 2.34. The summed E-state index contributed by atoms with van der Waals surface area (Å²) < 4.78 is 0. The lowest BCUT2D eigenvalue weighted by atomic mass is 9.91. The summed E-state index contributed by atoms with van der Waals surface area (Å²) in [4.78, 5) is 8.52. The van der Waals surface area contributed by atoms with Crippen molar-refractivity contribution in [2.75, 3.05) is 19.0 Å². The van der Waals surface area contributed by atoms with E-state index in [1.165, 1.54) is 10.6 Å². The normalized spacial score (nSPS) is 13.7. The fourth-order valence-electron chi connectivity index (χ4n) is 1.82. The Morgan fingerprint density at radius 3 is 2.44 bits per heavy atom. The van der Waals surface area contributed by atoms with Crippen molar-refractivity contribution in [1.29, 1.82) is 0 Å². The molecule has 3 nitrogen and oxygen atoms in total. The van der Waals surface area contributed by atoms with E-state index in [9.17, 15) is 0 Å². The molecule has 1 aromatic heterocycles. The third-order valence-electron chi connectivity index (χ3n) is 3.29. The maximum absolute atomic E-state index is 4.87. The molecule has 1 heterocycles. The maximum Gasteiger partial charge on any atom is 0.185 e. The first-order valence-electron chi connectivity index (χ1n) is 6.68. The van der Waals surface area contributed by atoms with E-state index < -0.39 is 0 Å². The summed E-state index contributed by atoms with van der Waals surface area (Å²) in [7, 11) is 4.13. The smallest absolute Gasteiger partial charge is 0.185 e. The minimum Gasteiger partial charge on any atom is -0.348 e. The Morgan fingerprint density at radius 1 is 1.39 bits per heavy atom. The molecule has 0 amide bonds. The molecule has 0 saturated carbocycles. The molecule has 0 aromatic carbocycles. The second kappa shape index (κ2) is 6.02. The number of hydrogen-bond acceptors (Lipinski definition) is 4. The van der Waals surface area contributed by atoms with Crippen LogP contribution in [0, 0.1) is 0 Å². The fourth-order valence-corrected chi connectivity index (χ4v) is 3.17. The molecule has 1 N–H and O–H groups in total. The Balaban J connectivity index is 3.09. The molecule has 0 saturated heterocycles. The summed E-state index contributed by atoms with van der Waals surface area (Å²) in [6.07, 6.45) is 1.14. The summed E-state index contributed by atoms with van der Waals surface area (Å²) >= 11 is 1.82. The van der Waals surface area contributed by atoms with Crippen molar-refractivity contribution in [3.63, 3.8) is 0 Å². The molecule has 18 heavy (non-hydrogen) atoms. The molecule has 0 radical (unpaired) electrons. The van der Waals surface area contributed by atoms with Gasteiger partial charge in [-0.2, -0.15) is 0 Å². The lowest BCUT2D eigenvalue weighted by Gasteiger charge is -2.23. The van der Waals surface area contributed by atoms with Crippen LogP contribution >= 0.6 is 11.3 Å². The topological polar surface area (TPSA) is 28.2 Å². The first kappa shape index (κ1) is 15.4. The van der Waals surface area contributed by atoms with Crippen LogP contribution in [0.3, 0.4) is 0 Å². The number of thiazole rings is 1. The number of nitrogens with zero attached hydrogens (tertiary/aromatic N) is 2. The van der Waals surface area contributed by atoms with Crippen molar-refractivity contribution in [2.45, 2.75) is 59.0 Å². The van der Waals surface area contributed by atoms with Crippen LogP contribution in [0.15, 0.2) is 0 Å². The Morgan fingerprint density at radius 2 is 2.00 bits per heavy atom. The van der Waals surface area contributed by atoms with Crippen LogP contribution in [0.5, 0.6) is 0 Å². The molecule has 4 heteroatoms. The summed E-state index contributed by atoms with van der Waals surface area (Å²) in [5.41, 5.74) is 1.34. The summed E-state index contributed by atoms with van der Waals surface area (Å²) in [6, 6.07) is 0.534. The SMILES string of the molecule is CCC(C)N(C)c1nc(C(C)(C)C)c(CNC)s1. The summed E-state index contributed by atoms with van der Waals surface area (Å²) in [5.74, 6) is 0. The molecule has 0 aliphatic carbocycles. The first-order chi connectivity index (χ1) is 8.31. The van der Waals surface area contributed by atoms with Crippen LogP contribution in [-0.2, 0) is 12.0 Å². The van der Waals surface area contributed by atoms with E-state index in [-0.39, 0.29) is 5.41 Å².